The fourth-order valence-electron chi connectivity index (χ4n) is 3.32. The smallest absolute Gasteiger partial charge is 0.326 e. The van der Waals surface area contributed by atoms with Crippen LogP contribution in [0.5, 0.6) is 0 Å². The molecule has 184 valence electrons. The first-order chi connectivity index (χ1) is 16.7. The number of carbonyl (C=O) groups excluding carboxylic acids is 2. The minimum Gasteiger partial charge on any atom is -0.480 e. The van der Waals surface area contributed by atoms with Crippen LogP contribution in [-0.4, -0.2) is 62.5 Å². The lowest BCUT2D eigenvalue weighted by Gasteiger charge is -2.19. The number of nitrogens with one attached hydrogen (secondary N) is 2. The lowest BCUT2D eigenvalue weighted by Crippen LogP contribution is -2.41. The molecule has 0 aliphatic rings. The Balaban J connectivity index is 1.64. The maximum atomic E-state index is 12.5. The summed E-state index contributed by atoms with van der Waals surface area (Å²) in [6.45, 7) is 2.61. The fourth-order valence-corrected chi connectivity index (χ4v) is 3.32. The maximum Gasteiger partial charge on any atom is 0.326 e. The monoisotopic (exact) mass is 481 g/mol. The number of benzene rings is 1. The van der Waals surface area contributed by atoms with Crippen molar-refractivity contribution in [3.8, 4) is 0 Å². The molecule has 0 saturated carbocycles. The summed E-state index contributed by atoms with van der Waals surface area (Å²) < 4.78 is 0. The largest absolute Gasteiger partial charge is 0.480 e. The Kier molecular flexibility index (Phi) is 7.92. The highest BCUT2D eigenvalue weighted by Gasteiger charge is 2.21. The SMILES string of the molecule is CCNC(=O)CCC(NC(=O)c1ccc(N(C)Cc2cnc3nc(N)nc(N)c3n2)cc1)C(=O)O. The van der Waals surface area contributed by atoms with Gasteiger partial charge in [-0.2, -0.15) is 9.97 Å². The molecule has 1 unspecified atom stereocenters. The van der Waals surface area contributed by atoms with E-state index >= 15 is 0 Å². The molecular formula is C22H27N9O4. The number of carbonyl (C=O) groups is 3. The minimum absolute atomic E-state index is 0.00234. The number of nitrogens with zero attached hydrogens (tertiary/aromatic N) is 5. The number of fused-ring (bicyclic) bond motifs is 1. The van der Waals surface area contributed by atoms with Gasteiger partial charge in [-0.05, 0) is 37.6 Å². The summed E-state index contributed by atoms with van der Waals surface area (Å²) in [4.78, 5) is 54.1. The van der Waals surface area contributed by atoms with Crippen molar-refractivity contribution in [1.82, 2.24) is 30.6 Å². The van der Waals surface area contributed by atoms with Gasteiger partial charge in [0, 0.05) is 31.3 Å². The molecule has 13 heteroatoms. The number of carboxylic acid groups (broad SMARTS) is 1. The summed E-state index contributed by atoms with van der Waals surface area (Å²) in [5, 5.41) is 14.4. The van der Waals surface area contributed by atoms with Crippen molar-refractivity contribution in [3.05, 3.63) is 41.7 Å². The highest BCUT2D eigenvalue weighted by Crippen LogP contribution is 2.19. The first kappa shape index (κ1) is 25.1. The van der Waals surface area contributed by atoms with Crippen molar-refractivity contribution < 1.29 is 19.5 Å². The van der Waals surface area contributed by atoms with Gasteiger partial charge in [0.05, 0.1) is 18.4 Å². The van der Waals surface area contributed by atoms with Crippen LogP contribution in [0.15, 0.2) is 30.5 Å². The number of carboxylic acids is 1. The normalized spacial score (nSPS) is 11.6. The van der Waals surface area contributed by atoms with E-state index in [2.05, 4.69) is 30.6 Å². The van der Waals surface area contributed by atoms with Gasteiger partial charge in [-0.1, -0.05) is 0 Å². The molecule has 1 atom stereocenters. The van der Waals surface area contributed by atoms with Crippen LogP contribution in [-0.2, 0) is 16.1 Å². The average molecular weight is 482 g/mol. The third-order valence-electron chi connectivity index (χ3n) is 5.11. The van der Waals surface area contributed by atoms with E-state index in [1.165, 1.54) is 0 Å². The number of hydrogen-bond donors (Lipinski definition) is 5. The van der Waals surface area contributed by atoms with E-state index in [9.17, 15) is 19.5 Å². The van der Waals surface area contributed by atoms with Gasteiger partial charge in [0.15, 0.2) is 17.0 Å². The van der Waals surface area contributed by atoms with Crippen LogP contribution in [0.3, 0.4) is 0 Å². The number of aromatic nitrogens is 4. The molecule has 2 heterocycles. The second-order valence-electron chi connectivity index (χ2n) is 7.76. The molecule has 13 nitrogen and oxygen atoms in total. The Hall–Kier alpha value is -4.55. The zero-order valence-corrected chi connectivity index (χ0v) is 19.4. The molecule has 0 fully saturated rings. The summed E-state index contributed by atoms with van der Waals surface area (Å²) in [5.74, 6) is -1.85. The number of nitrogens with two attached hydrogens (primary N) is 2. The van der Waals surface area contributed by atoms with Gasteiger partial charge >= 0.3 is 5.97 Å². The minimum atomic E-state index is -1.20. The summed E-state index contributed by atoms with van der Waals surface area (Å²) >= 11 is 0. The Labute approximate surface area is 201 Å². The van der Waals surface area contributed by atoms with Crippen molar-refractivity contribution in [1.29, 1.82) is 0 Å². The Morgan fingerprint density at radius 1 is 1.11 bits per heavy atom. The zero-order valence-electron chi connectivity index (χ0n) is 19.4. The predicted octanol–water partition coefficient (Wildman–Crippen LogP) is 0.320. The van der Waals surface area contributed by atoms with E-state index in [0.29, 0.717) is 35.5 Å². The van der Waals surface area contributed by atoms with Crippen LogP contribution >= 0.6 is 0 Å². The van der Waals surface area contributed by atoms with E-state index in [-0.39, 0.29) is 30.5 Å². The Morgan fingerprint density at radius 2 is 1.83 bits per heavy atom. The molecule has 0 saturated heterocycles. The standard InChI is InChI=1S/C22H27N9O4/c1-3-25-16(32)9-8-15(21(34)35)28-20(33)12-4-6-14(7-5-12)31(2)11-13-10-26-19-17(27-13)18(23)29-22(24)30-19/h4-7,10,15H,3,8-9,11H2,1-2H3,(H,25,32)(H,28,33)(H,34,35)(H4,23,24,26,29,30). The average Bonchev–Trinajstić information content (AvgIpc) is 2.82. The summed E-state index contributed by atoms with van der Waals surface area (Å²) in [7, 11) is 1.84. The van der Waals surface area contributed by atoms with Gasteiger partial charge in [-0.15, -0.1) is 0 Å². The number of anilines is 3. The van der Waals surface area contributed by atoms with Crippen molar-refractivity contribution >= 4 is 46.4 Å². The van der Waals surface area contributed by atoms with Gasteiger partial charge in [0.1, 0.15) is 6.04 Å². The fraction of sp³-hybridized carbons (Fsp3) is 0.318. The van der Waals surface area contributed by atoms with Crippen LogP contribution < -0.4 is 27.0 Å². The summed E-state index contributed by atoms with van der Waals surface area (Å²) in [6.07, 6.45) is 1.56. The van der Waals surface area contributed by atoms with Gasteiger partial charge in [0.2, 0.25) is 11.9 Å². The summed E-state index contributed by atoms with van der Waals surface area (Å²) in [5.41, 5.74) is 13.8. The molecule has 0 aliphatic heterocycles. The molecule has 0 bridgehead atoms. The second kappa shape index (κ2) is 11.0. The number of amides is 2. The molecule has 35 heavy (non-hydrogen) atoms. The van der Waals surface area contributed by atoms with Crippen LogP contribution in [0.1, 0.15) is 35.8 Å². The topological polar surface area (TPSA) is 202 Å². The number of aliphatic carboxylic acids is 1. The van der Waals surface area contributed by atoms with Crippen molar-refractivity contribution in [2.45, 2.75) is 32.4 Å². The molecule has 0 radical (unpaired) electrons. The molecule has 7 N–H and O–H groups in total. The first-order valence-electron chi connectivity index (χ1n) is 10.8. The number of rotatable bonds is 10. The third-order valence-corrected chi connectivity index (χ3v) is 5.11. The van der Waals surface area contributed by atoms with Crippen molar-refractivity contribution in [2.75, 3.05) is 30.0 Å². The van der Waals surface area contributed by atoms with Gasteiger partial charge in [0.25, 0.3) is 5.91 Å². The molecule has 3 aromatic rings. The van der Waals surface area contributed by atoms with Crippen LogP contribution in [0, 0.1) is 0 Å². The van der Waals surface area contributed by atoms with E-state index in [4.69, 9.17) is 11.5 Å². The second-order valence-corrected chi connectivity index (χ2v) is 7.76. The molecule has 2 aromatic heterocycles. The van der Waals surface area contributed by atoms with Gasteiger partial charge < -0.3 is 32.1 Å². The van der Waals surface area contributed by atoms with Crippen LogP contribution in [0.25, 0.3) is 11.2 Å². The molecule has 0 spiro atoms. The first-order valence-corrected chi connectivity index (χ1v) is 10.8. The molecule has 1 aromatic carbocycles. The lowest BCUT2D eigenvalue weighted by atomic mass is 10.1. The number of nitrogen functional groups attached to an aromatic ring is 2. The molecule has 3 rings (SSSR count). The summed E-state index contributed by atoms with van der Waals surface area (Å²) in [6, 6.07) is 5.46. The third kappa shape index (κ3) is 6.50. The Morgan fingerprint density at radius 3 is 2.49 bits per heavy atom. The Bertz CT molecular complexity index is 1230. The lowest BCUT2D eigenvalue weighted by molar-refractivity contribution is -0.139. The highest BCUT2D eigenvalue weighted by atomic mass is 16.4. The van der Waals surface area contributed by atoms with E-state index < -0.39 is 17.9 Å². The van der Waals surface area contributed by atoms with Gasteiger partial charge in [-0.3, -0.25) is 9.59 Å². The van der Waals surface area contributed by atoms with E-state index in [1.54, 1.807) is 37.4 Å². The van der Waals surface area contributed by atoms with Crippen LogP contribution in [0.4, 0.5) is 17.5 Å². The number of hydrogen-bond acceptors (Lipinski definition) is 10. The van der Waals surface area contributed by atoms with E-state index in [1.807, 2.05) is 11.9 Å². The van der Waals surface area contributed by atoms with Gasteiger partial charge in [-0.25, -0.2) is 14.8 Å². The maximum absolute atomic E-state index is 12.5. The van der Waals surface area contributed by atoms with Crippen molar-refractivity contribution in [3.63, 3.8) is 0 Å². The predicted molar refractivity (Wildman–Crippen MR) is 129 cm³/mol. The molecule has 2 amide bonds. The quantitative estimate of drug-likeness (QED) is 0.267. The highest BCUT2D eigenvalue weighted by molar-refractivity contribution is 5.97. The zero-order chi connectivity index (χ0) is 25.5. The van der Waals surface area contributed by atoms with Crippen LogP contribution in [0.2, 0.25) is 0 Å². The van der Waals surface area contributed by atoms with Crippen molar-refractivity contribution in [2.24, 2.45) is 0 Å². The molecular weight excluding hydrogens is 454 g/mol. The van der Waals surface area contributed by atoms with E-state index in [0.717, 1.165) is 5.69 Å². The molecule has 0 aliphatic carbocycles.